The molecule has 2 rings (SSSR count). The number of rotatable bonds is 1. The van der Waals surface area contributed by atoms with Crippen molar-refractivity contribution in [3.05, 3.63) is 35.1 Å². The van der Waals surface area contributed by atoms with Gasteiger partial charge in [-0.3, -0.25) is 10.3 Å². The number of nitrogens with zero attached hydrogens (tertiary/aromatic N) is 2. The second-order valence-corrected chi connectivity index (χ2v) is 18.7. The summed E-state index contributed by atoms with van der Waals surface area (Å²) in [5.74, 6) is 2.82. The fourth-order valence-corrected chi connectivity index (χ4v) is 6.26. The number of benzene rings is 1. The molecule has 1 aromatic carbocycles. The summed E-state index contributed by atoms with van der Waals surface area (Å²) >= 11 is 0. The van der Waals surface area contributed by atoms with Crippen LogP contribution in [0.15, 0.2) is 27.6 Å². The predicted octanol–water partition coefficient (Wildman–Crippen LogP) is 5.08. The van der Waals surface area contributed by atoms with Gasteiger partial charge in [0.2, 0.25) is 0 Å². The van der Waals surface area contributed by atoms with Crippen molar-refractivity contribution in [1.82, 2.24) is 5.32 Å². The molecule has 0 aromatic heterocycles. The third-order valence-electron chi connectivity index (χ3n) is 5.25. The monoisotopic (exact) mass is 493 g/mol. The minimum absolute atomic E-state index is 0.00478. The van der Waals surface area contributed by atoms with Crippen LogP contribution < -0.4 is 5.32 Å². The zero-order valence-electron chi connectivity index (χ0n) is 21.3. The predicted molar refractivity (Wildman–Crippen MR) is 136 cm³/mol. The van der Waals surface area contributed by atoms with Gasteiger partial charge >= 0.3 is 6.09 Å². The summed E-state index contributed by atoms with van der Waals surface area (Å²) < 4.78 is 37.6. The summed E-state index contributed by atoms with van der Waals surface area (Å²) in [5, 5.41) is 2.66. The molecular weight excluding hydrogens is 457 g/mol. The Bertz CT molecular complexity index is 1160. The van der Waals surface area contributed by atoms with Gasteiger partial charge < -0.3 is 4.74 Å². The number of nitrogens with one attached hydrogen (secondary N) is 1. The first-order chi connectivity index (χ1) is 14.8. The summed E-state index contributed by atoms with van der Waals surface area (Å²) in [4.78, 5) is 17.3. The third kappa shape index (κ3) is 6.24. The Hall–Kier alpha value is -2.18. The molecule has 1 heterocycles. The van der Waals surface area contributed by atoms with Crippen molar-refractivity contribution < 1.29 is 18.1 Å². The molecule has 1 amide bonds. The SMILES string of the molecule is CN=[S@]1(=O)C[C@@](C)(c2cc(C#C[Si](C)(C)C)ccc2F)N=C(NC(=O)OC(C)(C)C)C1(C)C. The van der Waals surface area contributed by atoms with E-state index in [-0.39, 0.29) is 17.2 Å². The summed E-state index contributed by atoms with van der Waals surface area (Å²) in [5.41, 5.74) is 2.26. The van der Waals surface area contributed by atoms with E-state index in [1.54, 1.807) is 53.7 Å². The number of alkyl carbamates (subject to hydrolysis) is 1. The highest BCUT2D eigenvalue weighted by Gasteiger charge is 2.49. The number of amidine groups is 1. The molecule has 1 aliphatic heterocycles. The molecule has 0 fully saturated rings. The van der Waals surface area contributed by atoms with E-state index >= 15 is 4.39 Å². The Morgan fingerprint density at radius 3 is 2.39 bits per heavy atom. The van der Waals surface area contributed by atoms with Crippen molar-refractivity contribution >= 4 is 29.7 Å². The lowest BCUT2D eigenvalue weighted by molar-refractivity contribution is 0.0560. The molecule has 0 saturated carbocycles. The van der Waals surface area contributed by atoms with Gasteiger partial charge in [-0.05, 0) is 59.7 Å². The first kappa shape index (κ1) is 27.1. The van der Waals surface area contributed by atoms with Crippen LogP contribution in [0.1, 0.15) is 52.7 Å². The molecule has 6 nitrogen and oxygen atoms in total. The van der Waals surface area contributed by atoms with Crippen molar-refractivity contribution in [1.29, 1.82) is 0 Å². The molecule has 182 valence electrons. The van der Waals surface area contributed by atoms with Crippen molar-refractivity contribution in [3.63, 3.8) is 0 Å². The number of halogens is 1. The maximum Gasteiger partial charge on any atom is 0.413 e. The highest BCUT2D eigenvalue weighted by Crippen LogP contribution is 2.39. The van der Waals surface area contributed by atoms with Crippen molar-refractivity contribution in [3.8, 4) is 11.5 Å². The fourth-order valence-electron chi connectivity index (χ4n) is 3.41. The van der Waals surface area contributed by atoms with Gasteiger partial charge in [0, 0.05) is 18.2 Å². The van der Waals surface area contributed by atoms with Crippen molar-refractivity contribution in [2.45, 2.75) is 77.1 Å². The molecule has 0 bridgehead atoms. The smallest absolute Gasteiger partial charge is 0.413 e. The van der Waals surface area contributed by atoms with Crippen LogP contribution in [0.25, 0.3) is 0 Å². The second-order valence-electron chi connectivity index (χ2n) is 11.0. The second kappa shape index (κ2) is 8.88. The molecule has 0 aliphatic carbocycles. The van der Waals surface area contributed by atoms with Gasteiger partial charge in [-0.1, -0.05) is 25.6 Å². The molecule has 0 radical (unpaired) electrons. The fraction of sp³-hybridized carbons (Fsp3) is 0.583. The molecule has 0 saturated heterocycles. The van der Waals surface area contributed by atoms with Crippen LogP contribution in [0.2, 0.25) is 19.6 Å². The number of carbonyl (C=O) groups is 1. The Labute approximate surface area is 199 Å². The molecule has 33 heavy (non-hydrogen) atoms. The Balaban J connectivity index is 2.67. The van der Waals surface area contributed by atoms with Crippen LogP contribution in [-0.2, 0) is 20.0 Å². The Morgan fingerprint density at radius 1 is 1.27 bits per heavy atom. The van der Waals surface area contributed by atoms with Crippen LogP contribution in [0.3, 0.4) is 0 Å². The number of carbonyl (C=O) groups excluding carboxylic acids is 1. The van der Waals surface area contributed by atoms with E-state index in [9.17, 15) is 9.00 Å². The van der Waals surface area contributed by atoms with Crippen LogP contribution in [0, 0.1) is 17.3 Å². The molecule has 1 aliphatic rings. The van der Waals surface area contributed by atoms with Gasteiger partial charge in [0.15, 0.2) is 0 Å². The molecule has 1 aromatic rings. The highest BCUT2D eigenvalue weighted by atomic mass is 32.2. The van der Waals surface area contributed by atoms with Crippen LogP contribution >= 0.6 is 0 Å². The zero-order chi connectivity index (χ0) is 25.5. The minimum Gasteiger partial charge on any atom is -0.444 e. The van der Waals surface area contributed by atoms with E-state index in [4.69, 9.17) is 9.73 Å². The minimum atomic E-state index is -2.94. The van der Waals surface area contributed by atoms with E-state index in [1.807, 2.05) is 0 Å². The zero-order valence-corrected chi connectivity index (χ0v) is 23.2. The third-order valence-corrected chi connectivity index (χ3v) is 9.45. The van der Waals surface area contributed by atoms with E-state index in [0.29, 0.717) is 5.56 Å². The van der Waals surface area contributed by atoms with Gasteiger partial charge in [-0.2, -0.15) is 0 Å². The quantitative estimate of drug-likeness (QED) is 0.437. The average Bonchev–Trinajstić information content (AvgIpc) is 2.63. The highest BCUT2D eigenvalue weighted by molar-refractivity contribution is 7.95. The average molecular weight is 494 g/mol. The number of ether oxygens (including phenoxy) is 1. The number of amides is 1. The number of hydrogen-bond donors (Lipinski definition) is 1. The van der Waals surface area contributed by atoms with Gasteiger partial charge in [0.1, 0.15) is 35.6 Å². The summed E-state index contributed by atoms with van der Waals surface area (Å²) in [6, 6.07) is 4.65. The maximum atomic E-state index is 15.1. The lowest BCUT2D eigenvalue weighted by Crippen LogP contribution is -2.57. The molecule has 9 heteroatoms. The lowest BCUT2D eigenvalue weighted by atomic mass is 9.92. The molecule has 0 spiro atoms. The Morgan fingerprint density at radius 2 is 1.88 bits per heavy atom. The van der Waals surface area contributed by atoms with E-state index in [1.165, 1.54) is 13.1 Å². The van der Waals surface area contributed by atoms with E-state index in [0.717, 1.165) is 0 Å². The maximum absolute atomic E-state index is 15.1. The molecular formula is C24H36FN3O3SSi. The normalized spacial score (nSPS) is 24.8. The van der Waals surface area contributed by atoms with Crippen LogP contribution in [0.5, 0.6) is 0 Å². The summed E-state index contributed by atoms with van der Waals surface area (Å²) in [6.45, 7) is 16.8. The largest absolute Gasteiger partial charge is 0.444 e. The number of aliphatic imine (C=N–C) groups is 1. The van der Waals surface area contributed by atoms with Crippen LogP contribution in [0.4, 0.5) is 9.18 Å². The van der Waals surface area contributed by atoms with Crippen molar-refractivity contribution in [2.75, 3.05) is 12.8 Å². The number of hydrogen-bond acceptors (Lipinski definition) is 5. The van der Waals surface area contributed by atoms with E-state index < -0.39 is 45.6 Å². The molecule has 1 N–H and O–H groups in total. The topological polar surface area (TPSA) is 80.1 Å². The first-order valence-corrected chi connectivity index (χ1v) is 16.1. The van der Waals surface area contributed by atoms with Gasteiger partial charge in [0.25, 0.3) is 0 Å². The Kier molecular flexibility index (Phi) is 7.28. The standard InChI is InChI=1S/C24H36FN3O3SSi/c1-22(2,3)31-21(29)27-20-23(4,5)32(30,26-7)16-24(6,28-20)18-15-17(11-12-19(18)25)13-14-33(8,9)10/h11-12,15H,16H2,1-10H3,(H,27,28,29)/t24-,32-/m0/s1. The summed E-state index contributed by atoms with van der Waals surface area (Å²) in [7, 11) is -3.09. The van der Waals surface area contributed by atoms with Crippen molar-refractivity contribution in [2.24, 2.45) is 9.36 Å². The molecule has 2 atom stereocenters. The lowest BCUT2D eigenvalue weighted by Gasteiger charge is -2.41. The first-order valence-electron chi connectivity index (χ1n) is 10.9. The van der Waals surface area contributed by atoms with Crippen LogP contribution in [-0.4, -0.2) is 47.4 Å². The summed E-state index contributed by atoms with van der Waals surface area (Å²) in [6.07, 6.45) is -0.716. The van der Waals surface area contributed by atoms with Gasteiger partial charge in [-0.25, -0.2) is 17.8 Å². The van der Waals surface area contributed by atoms with E-state index in [2.05, 4.69) is 40.8 Å². The molecule has 0 unspecified atom stereocenters. The van der Waals surface area contributed by atoms with Gasteiger partial charge in [-0.15, -0.1) is 5.54 Å². The van der Waals surface area contributed by atoms with Gasteiger partial charge in [0.05, 0.1) is 15.5 Å².